The molecule has 3 rings (SSSR count). The van der Waals surface area contributed by atoms with Gasteiger partial charge in [0.25, 0.3) is 0 Å². The summed E-state index contributed by atoms with van der Waals surface area (Å²) >= 11 is 0. The van der Waals surface area contributed by atoms with E-state index in [4.69, 9.17) is 14.2 Å². The second-order valence-electron chi connectivity index (χ2n) is 4.86. The van der Waals surface area contributed by atoms with Crippen molar-refractivity contribution in [2.45, 2.75) is 6.92 Å². The highest BCUT2D eigenvalue weighted by atomic mass is 19.1. The Morgan fingerprint density at radius 2 is 2.09 bits per heavy atom. The van der Waals surface area contributed by atoms with Gasteiger partial charge >= 0.3 is 0 Å². The van der Waals surface area contributed by atoms with Crippen molar-refractivity contribution in [2.24, 2.45) is 0 Å². The average Bonchev–Trinajstić information content (AvgIpc) is 3.00. The van der Waals surface area contributed by atoms with Gasteiger partial charge in [0.1, 0.15) is 11.6 Å². The summed E-state index contributed by atoms with van der Waals surface area (Å²) in [6, 6.07) is 11.5. The molecule has 2 aromatic rings. The Morgan fingerprint density at radius 3 is 2.78 bits per heavy atom. The summed E-state index contributed by atoms with van der Waals surface area (Å²) in [6.45, 7) is 2.50. The first kappa shape index (κ1) is 14.9. The molecule has 4 nitrogen and oxygen atoms in total. The highest BCUT2D eigenvalue weighted by Crippen LogP contribution is 2.39. The number of benzene rings is 2. The monoisotopic (exact) mass is 311 g/mol. The molecule has 116 valence electrons. The highest BCUT2D eigenvalue weighted by Gasteiger charge is 2.17. The van der Waals surface area contributed by atoms with Crippen LogP contribution < -0.4 is 14.2 Å². The molecule has 0 saturated heterocycles. The number of ether oxygens (including phenoxy) is 3. The molecule has 0 aliphatic carbocycles. The van der Waals surface area contributed by atoms with E-state index in [1.165, 1.54) is 12.1 Å². The molecule has 1 aliphatic rings. The molecule has 0 N–H and O–H groups in total. The maximum absolute atomic E-state index is 13.4. The van der Waals surface area contributed by atoms with Gasteiger partial charge in [0.15, 0.2) is 11.5 Å². The predicted octanol–water partition coefficient (Wildman–Crippen LogP) is 4.02. The summed E-state index contributed by atoms with van der Waals surface area (Å²) in [4.78, 5) is 0. The van der Waals surface area contributed by atoms with Crippen molar-refractivity contribution in [2.75, 3.05) is 13.4 Å². The van der Waals surface area contributed by atoms with E-state index in [9.17, 15) is 9.65 Å². The van der Waals surface area contributed by atoms with Crippen molar-refractivity contribution in [3.63, 3.8) is 0 Å². The third-order valence-electron chi connectivity index (χ3n) is 3.36. The molecule has 0 fully saturated rings. The molecule has 23 heavy (non-hydrogen) atoms. The molecule has 0 atom stereocenters. The molecule has 0 radical (unpaired) electrons. The number of nitriles is 1. The van der Waals surface area contributed by atoms with Crippen LogP contribution in [-0.2, 0) is 0 Å². The van der Waals surface area contributed by atoms with E-state index < -0.39 is 0 Å². The van der Waals surface area contributed by atoms with Crippen LogP contribution in [0.2, 0.25) is 0 Å². The minimum absolute atomic E-state index is 0.156. The van der Waals surface area contributed by atoms with Gasteiger partial charge in [0.05, 0.1) is 18.2 Å². The largest absolute Gasteiger partial charge is 0.493 e. The summed E-state index contributed by atoms with van der Waals surface area (Å²) < 4.78 is 29.7. The number of hydrogen-bond acceptors (Lipinski definition) is 4. The fourth-order valence-electron chi connectivity index (χ4n) is 2.32. The third-order valence-corrected chi connectivity index (χ3v) is 3.36. The molecule has 1 aliphatic heterocycles. The molecule has 5 heteroatoms. The lowest BCUT2D eigenvalue weighted by Crippen LogP contribution is -1.95. The molecule has 2 aromatic carbocycles. The predicted molar refractivity (Wildman–Crippen MR) is 83.6 cm³/mol. The molecule has 0 saturated carbocycles. The molecule has 0 amide bonds. The minimum atomic E-state index is -0.389. The zero-order valence-electron chi connectivity index (χ0n) is 12.5. The Hall–Kier alpha value is -3.00. The first-order valence-electron chi connectivity index (χ1n) is 7.15. The van der Waals surface area contributed by atoms with Crippen molar-refractivity contribution >= 4 is 11.6 Å². The van der Waals surface area contributed by atoms with Crippen LogP contribution in [0.15, 0.2) is 36.4 Å². The smallest absolute Gasteiger partial charge is 0.231 e. The molecule has 0 aromatic heterocycles. The van der Waals surface area contributed by atoms with Crippen LogP contribution in [0.3, 0.4) is 0 Å². The fraction of sp³-hybridized carbons (Fsp3) is 0.167. The number of rotatable bonds is 4. The van der Waals surface area contributed by atoms with Crippen LogP contribution in [-0.4, -0.2) is 13.4 Å². The van der Waals surface area contributed by atoms with Crippen molar-refractivity contribution < 1.29 is 18.6 Å². The number of allylic oxidation sites excluding steroid dienone is 1. The van der Waals surface area contributed by atoms with E-state index in [-0.39, 0.29) is 12.6 Å². The summed E-state index contributed by atoms with van der Waals surface area (Å²) in [5.41, 5.74) is 1.52. The lowest BCUT2D eigenvalue weighted by molar-refractivity contribution is 0.174. The Labute approximate surface area is 133 Å². The van der Waals surface area contributed by atoms with Crippen LogP contribution in [0.25, 0.3) is 11.6 Å². The number of nitrogens with zero attached hydrogens (tertiary/aromatic N) is 1. The van der Waals surface area contributed by atoms with Crippen LogP contribution in [0, 0.1) is 17.1 Å². The molecular formula is C18H14FNO3. The summed E-state index contributed by atoms with van der Waals surface area (Å²) in [5, 5.41) is 9.41. The maximum Gasteiger partial charge on any atom is 0.231 e. The number of hydrogen-bond donors (Lipinski definition) is 0. The summed E-state index contributed by atoms with van der Waals surface area (Å²) in [5.74, 6) is 1.39. The van der Waals surface area contributed by atoms with E-state index in [0.29, 0.717) is 40.6 Å². The van der Waals surface area contributed by atoms with Gasteiger partial charge in [0, 0.05) is 11.6 Å². The Bertz CT molecular complexity index is 808. The van der Waals surface area contributed by atoms with E-state index >= 15 is 0 Å². The topological polar surface area (TPSA) is 51.5 Å². The number of halogens is 1. The molecule has 0 spiro atoms. The molecular weight excluding hydrogens is 297 g/mol. The fourth-order valence-corrected chi connectivity index (χ4v) is 2.32. The van der Waals surface area contributed by atoms with Gasteiger partial charge in [-0.2, -0.15) is 5.26 Å². The normalized spacial score (nSPS) is 12.8. The minimum Gasteiger partial charge on any atom is -0.493 e. The highest BCUT2D eigenvalue weighted by molar-refractivity contribution is 5.91. The van der Waals surface area contributed by atoms with Gasteiger partial charge in [-0.25, -0.2) is 4.39 Å². The second-order valence-corrected chi connectivity index (χ2v) is 4.86. The first-order valence-corrected chi connectivity index (χ1v) is 7.15. The van der Waals surface area contributed by atoms with Gasteiger partial charge in [-0.1, -0.05) is 12.1 Å². The Morgan fingerprint density at radius 1 is 1.30 bits per heavy atom. The van der Waals surface area contributed by atoms with Crippen molar-refractivity contribution in [1.82, 2.24) is 0 Å². The average molecular weight is 311 g/mol. The summed E-state index contributed by atoms with van der Waals surface area (Å²) in [6.07, 6.45) is 1.65. The van der Waals surface area contributed by atoms with Crippen LogP contribution in [0.1, 0.15) is 18.1 Å². The Balaban J connectivity index is 2.07. The van der Waals surface area contributed by atoms with Gasteiger partial charge in [-0.15, -0.1) is 0 Å². The Kier molecular flexibility index (Phi) is 4.15. The van der Waals surface area contributed by atoms with Crippen molar-refractivity contribution in [3.8, 4) is 23.3 Å². The summed E-state index contributed by atoms with van der Waals surface area (Å²) in [7, 11) is 0. The van der Waals surface area contributed by atoms with Crippen LogP contribution in [0.4, 0.5) is 4.39 Å². The standard InChI is InChI=1S/C18H14FNO3/c1-2-21-16-9-18-17(22-11-23-18)8-13(16)6-14(10-20)12-4-3-5-15(19)7-12/h3-9H,2,11H2,1H3/b14-6-. The maximum atomic E-state index is 13.4. The first-order chi connectivity index (χ1) is 11.2. The SMILES string of the molecule is CCOc1cc2c(cc1/C=C(/C#N)c1cccc(F)c1)OCO2. The van der Waals surface area contributed by atoms with E-state index in [1.54, 1.807) is 30.3 Å². The lowest BCUT2D eigenvalue weighted by atomic mass is 10.0. The van der Waals surface area contributed by atoms with E-state index in [1.807, 2.05) is 6.92 Å². The van der Waals surface area contributed by atoms with Gasteiger partial charge < -0.3 is 14.2 Å². The zero-order chi connectivity index (χ0) is 16.2. The van der Waals surface area contributed by atoms with Gasteiger partial charge in [0.2, 0.25) is 6.79 Å². The van der Waals surface area contributed by atoms with Gasteiger partial charge in [-0.3, -0.25) is 0 Å². The number of fused-ring (bicyclic) bond motifs is 1. The van der Waals surface area contributed by atoms with E-state index in [0.717, 1.165) is 0 Å². The van der Waals surface area contributed by atoms with Crippen LogP contribution >= 0.6 is 0 Å². The van der Waals surface area contributed by atoms with Crippen LogP contribution in [0.5, 0.6) is 17.2 Å². The molecule has 0 unspecified atom stereocenters. The third kappa shape index (κ3) is 3.11. The molecule has 0 bridgehead atoms. The van der Waals surface area contributed by atoms with Crippen molar-refractivity contribution in [3.05, 3.63) is 53.3 Å². The quantitative estimate of drug-likeness (QED) is 0.632. The lowest BCUT2D eigenvalue weighted by Gasteiger charge is -2.09. The van der Waals surface area contributed by atoms with Crippen molar-refractivity contribution in [1.29, 1.82) is 5.26 Å². The second kappa shape index (κ2) is 6.41. The zero-order valence-corrected chi connectivity index (χ0v) is 12.5. The molecule has 1 heterocycles. The van der Waals surface area contributed by atoms with E-state index in [2.05, 4.69) is 6.07 Å². The van der Waals surface area contributed by atoms with Gasteiger partial charge in [-0.05, 0) is 36.8 Å².